The topological polar surface area (TPSA) is 69.6 Å². The largest absolute Gasteiger partial charge is 0.481 e. The molecule has 0 aromatic heterocycles. The number of nitrogens with zero attached hydrogens (tertiary/aromatic N) is 1. The lowest BCUT2D eigenvalue weighted by Gasteiger charge is -2.35. The van der Waals surface area contributed by atoms with E-state index < -0.39 is 5.97 Å². The van der Waals surface area contributed by atoms with Gasteiger partial charge in [-0.15, -0.1) is 0 Å². The van der Waals surface area contributed by atoms with Crippen LogP contribution in [0.4, 0.5) is 4.79 Å². The van der Waals surface area contributed by atoms with Gasteiger partial charge in [-0.05, 0) is 62.2 Å². The summed E-state index contributed by atoms with van der Waals surface area (Å²) in [7, 11) is 0. The molecular weight excluding hydrogens is 280 g/mol. The van der Waals surface area contributed by atoms with E-state index in [1.54, 1.807) is 0 Å². The van der Waals surface area contributed by atoms with Crippen molar-refractivity contribution in [1.29, 1.82) is 0 Å². The smallest absolute Gasteiger partial charge is 0.317 e. The summed E-state index contributed by atoms with van der Waals surface area (Å²) in [5.74, 6) is 2.37. The van der Waals surface area contributed by atoms with Crippen molar-refractivity contribution in [2.75, 3.05) is 13.1 Å². The van der Waals surface area contributed by atoms with Crippen molar-refractivity contribution in [3.8, 4) is 0 Å². The number of amides is 2. The number of aliphatic carboxylic acids is 1. The molecule has 1 saturated heterocycles. The average Bonchev–Trinajstić information content (AvgIpc) is 3.19. The van der Waals surface area contributed by atoms with Crippen molar-refractivity contribution in [1.82, 2.24) is 10.2 Å². The van der Waals surface area contributed by atoms with Gasteiger partial charge in [0.05, 0.1) is 5.92 Å². The first-order chi connectivity index (χ1) is 10.6. The molecule has 5 atom stereocenters. The number of fused-ring (bicyclic) bond motifs is 5. The maximum atomic E-state index is 12.5. The Labute approximate surface area is 131 Å². The van der Waals surface area contributed by atoms with E-state index in [2.05, 4.69) is 5.32 Å². The second-order valence-corrected chi connectivity index (χ2v) is 7.81. The van der Waals surface area contributed by atoms with Gasteiger partial charge in [0.2, 0.25) is 0 Å². The van der Waals surface area contributed by atoms with Crippen LogP contribution in [0.15, 0.2) is 0 Å². The molecule has 3 saturated carbocycles. The van der Waals surface area contributed by atoms with Gasteiger partial charge >= 0.3 is 12.0 Å². The van der Waals surface area contributed by atoms with Crippen LogP contribution in [0, 0.1) is 29.6 Å². The summed E-state index contributed by atoms with van der Waals surface area (Å²) in [6, 6.07) is 0.407. The molecule has 0 radical (unpaired) electrons. The van der Waals surface area contributed by atoms with Crippen LogP contribution in [0.25, 0.3) is 0 Å². The molecule has 1 aliphatic heterocycles. The quantitative estimate of drug-likeness (QED) is 0.822. The molecule has 0 spiro atoms. The van der Waals surface area contributed by atoms with Crippen LogP contribution in [0.3, 0.4) is 0 Å². The van der Waals surface area contributed by atoms with Gasteiger partial charge in [0.25, 0.3) is 0 Å². The number of piperidine rings is 1. The summed E-state index contributed by atoms with van der Waals surface area (Å²) in [4.78, 5) is 25.3. The van der Waals surface area contributed by atoms with Crippen molar-refractivity contribution in [2.24, 2.45) is 29.6 Å². The van der Waals surface area contributed by atoms with E-state index in [9.17, 15) is 9.59 Å². The monoisotopic (exact) mass is 306 g/mol. The third-order valence-electron chi connectivity index (χ3n) is 6.87. The van der Waals surface area contributed by atoms with Crippen molar-refractivity contribution in [2.45, 2.75) is 51.0 Å². The molecular formula is C17H26N2O3. The Balaban J connectivity index is 1.31. The Morgan fingerprint density at radius 2 is 1.68 bits per heavy atom. The fraction of sp³-hybridized carbons (Fsp3) is 0.882. The highest BCUT2D eigenvalue weighted by molar-refractivity contribution is 5.75. The van der Waals surface area contributed by atoms with Crippen LogP contribution >= 0.6 is 0 Å². The fourth-order valence-electron chi connectivity index (χ4n) is 5.81. The number of likely N-dealkylation sites (tertiary alicyclic amines) is 1. The number of hydrogen-bond acceptors (Lipinski definition) is 2. The molecule has 3 aliphatic carbocycles. The molecule has 122 valence electrons. The van der Waals surface area contributed by atoms with Crippen molar-refractivity contribution >= 4 is 12.0 Å². The lowest BCUT2D eigenvalue weighted by atomic mass is 9.79. The van der Waals surface area contributed by atoms with Gasteiger partial charge in [0, 0.05) is 19.1 Å². The highest BCUT2D eigenvalue weighted by atomic mass is 16.4. The average molecular weight is 306 g/mol. The molecule has 0 aromatic rings. The lowest BCUT2D eigenvalue weighted by Crippen LogP contribution is -2.51. The Morgan fingerprint density at radius 3 is 2.41 bits per heavy atom. The summed E-state index contributed by atoms with van der Waals surface area (Å²) in [6.45, 7) is 1.16. The molecule has 2 bridgehead atoms. The Morgan fingerprint density at radius 1 is 0.955 bits per heavy atom. The van der Waals surface area contributed by atoms with Gasteiger partial charge in [-0.3, -0.25) is 4.79 Å². The number of carboxylic acid groups (broad SMARTS) is 1. The van der Waals surface area contributed by atoms with Gasteiger partial charge in [-0.2, -0.15) is 0 Å². The maximum Gasteiger partial charge on any atom is 0.317 e. The van der Waals surface area contributed by atoms with Crippen LogP contribution < -0.4 is 5.32 Å². The second kappa shape index (κ2) is 5.43. The zero-order chi connectivity index (χ0) is 15.3. The number of urea groups is 1. The zero-order valence-electron chi connectivity index (χ0n) is 13.0. The first-order valence-electron chi connectivity index (χ1n) is 8.91. The molecule has 22 heavy (non-hydrogen) atoms. The second-order valence-electron chi connectivity index (χ2n) is 7.81. The number of carbonyl (C=O) groups is 2. The van der Waals surface area contributed by atoms with E-state index in [1.165, 1.54) is 32.1 Å². The fourth-order valence-corrected chi connectivity index (χ4v) is 5.81. The van der Waals surface area contributed by atoms with Crippen molar-refractivity contribution in [3.05, 3.63) is 0 Å². The minimum atomic E-state index is -0.722. The predicted molar refractivity (Wildman–Crippen MR) is 81.3 cm³/mol. The molecule has 4 aliphatic rings. The number of nitrogens with one attached hydrogen (secondary N) is 1. The van der Waals surface area contributed by atoms with Gasteiger partial charge in [0.1, 0.15) is 0 Å². The predicted octanol–water partition coefficient (Wildman–Crippen LogP) is 2.32. The van der Waals surface area contributed by atoms with E-state index in [-0.39, 0.29) is 11.9 Å². The van der Waals surface area contributed by atoms with Crippen LogP contribution in [-0.4, -0.2) is 41.1 Å². The molecule has 5 heteroatoms. The van der Waals surface area contributed by atoms with Crippen molar-refractivity contribution < 1.29 is 14.7 Å². The number of rotatable bonds is 2. The summed E-state index contributed by atoms with van der Waals surface area (Å²) < 4.78 is 0. The van der Waals surface area contributed by atoms with Crippen LogP contribution in [-0.2, 0) is 4.79 Å². The molecule has 2 N–H and O–H groups in total. The first-order valence-corrected chi connectivity index (χ1v) is 8.91. The maximum absolute atomic E-state index is 12.5. The standard InChI is InChI=1S/C17H26N2O3/c20-16(21)10-4-6-19(7-5-10)17(22)18-15-9-11-8-14(15)13-3-1-2-12(11)13/h10-15H,1-9H2,(H,18,22)(H,20,21). The van der Waals surface area contributed by atoms with Crippen LogP contribution in [0.1, 0.15) is 44.9 Å². The molecule has 2 amide bonds. The van der Waals surface area contributed by atoms with Crippen molar-refractivity contribution in [3.63, 3.8) is 0 Å². The van der Waals surface area contributed by atoms with E-state index >= 15 is 0 Å². The molecule has 4 fully saturated rings. The Hall–Kier alpha value is -1.26. The zero-order valence-corrected chi connectivity index (χ0v) is 13.0. The SMILES string of the molecule is O=C(O)C1CCN(C(=O)NC2CC3CC2C2CCCC32)CC1. The van der Waals surface area contributed by atoms with Crippen LogP contribution in [0.2, 0.25) is 0 Å². The lowest BCUT2D eigenvalue weighted by molar-refractivity contribution is -0.143. The van der Waals surface area contributed by atoms with E-state index in [0.717, 1.165) is 17.8 Å². The molecule has 0 aromatic carbocycles. The minimum Gasteiger partial charge on any atom is -0.481 e. The van der Waals surface area contributed by atoms with Gasteiger partial charge in [-0.25, -0.2) is 4.79 Å². The minimum absolute atomic E-state index is 0.0379. The Bertz CT molecular complexity index is 473. The first kappa shape index (κ1) is 14.3. The number of hydrogen-bond donors (Lipinski definition) is 2. The Kier molecular flexibility index (Phi) is 3.54. The third-order valence-corrected chi connectivity index (χ3v) is 6.87. The molecule has 5 nitrogen and oxygen atoms in total. The molecule has 5 unspecified atom stereocenters. The van der Waals surface area contributed by atoms with E-state index in [0.29, 0.717) is 37.9 Å². The highest BCUT2D eigenvalue weighted by Crippen LogP contribution is 2.58. The van der Waals surface area contributed by atoms with Gasteiger partial charge < -0.3 is 15.3 Å². The summed E-state index contributed by atoms with van der Waals surface area (Å²) in [5.41, 5.74) is 0. The number of carboxylic acids is 1. The summed E-state index contributed by atoms with van der Waals surface area (Å²) in [5, 5.41) is 12.3. The number of carbonyl (C=O) groups excluding carboxylic acids is 1. The van der Waals surface area contributed by atoms with Gasteiger partial charge in [-0.1, -0.05) is 6.42 Å². The van der Waals surface area contributed by atoms with Crippen LogP contribution in [0.5, 0.6) is 0 Å². The van der Waals surface area contributed by atoms with Gasteiger partial charge in [0.15, 0.2) is 0 Å². The molecule has 1 heterocycles. The summed E-state index contributed by atoms with van der Waals surface area (Å²) >= 11 is 0. The normalized spacial score (nSPS) is 40.7. The van der Waals surface area contributed by atoms with E-state index in [1.807, 2.05) is 4.90 Å². The molecule has 4 rings (SSSR count). The summed E-state index contributed by atoms with van der Waals surface area (Å²) in [6.07, 6.45) is 7.82. The van der Waals surface area contributed by atoms with E-state index in [4.69, 9.17) is 5.11 Å². The highest BCUT2D eigenvalue weighted by Gasteiger charge is 2.54. The third kappa shape index (κ3) is 2.29.